The van der Waals surface area contributed by atoms with Gasteiger partial charge < -0.3 is 14.2 Å². The molecule has 124 valence electrons. The Kier molecular flexibility index (Phi) is 4.97. The molecule has 1 amide bonds. The van der Waals surface area contributed by atoms with Gasteiger partial charge in [-0.15, -0.1) is 11.3 Å². The van der Waals surface area contributed by atoms with E-state index in [1.807, 2.05) is 30.8 Å². The van der Waals surface area contributed by atoms with E-state index in [4.69, 9.17) is 4.42 Å². The molecule has 2 aromatic rings. The molecule has 1 saturated heterocycles. The molecular weight excluding hydrogens is 312 g/mol. The van der Waals surface area contributed by atoms with Gasteiger partial charge in [-0.3, -0.25) is 9.69 Å². The van der Waals surface area contributed by atoms with Crippen LogP contribution in [0, 0.1) is 0 Å². The van der Waals surface area contributed by atoms with Crippen molar-refractivity contribution in [3.63, 3.8) is 0 Å². The summed E-state index contributed by atoms with van der Waals surface area (Å²) >= 11 is 1.67. The lowest BCUT2D eigenvalue weighted by Gasteiger charge is -2.39. The van der Waals surface area contributed by atoms with Gasteiger partial charge in [0.1, 0.15) is 5.76 Å². The molecule has 0 radical (unpaired) electrons. The lowest BCUT2D eigenvalue weighted by Crippen LogP contribution is -2.54. The number of amides is 1. The van der Waals surface area contributed by atoms with E-state index in [0.29, 0.717) is 19.1 Å². The van der Waals surface area contributed by atoms with Crippen molar-refractivity contribution in [2.75, 3.05) is 38.1 Å². The molecule has 6 nitrogen and oxygen atoms in total. The van der Waals surface area contributed by atoms with E-state index in [1.54, 1.807) is 22.5 Å². The number of piperazine rings is 1. The van der Waals surface area contributed by atoms with Crippen molar-refractivity contribution in [1.82, 2.24) is 14.8 Å². The molecule has 0 unspecified atom stereocenters. The average molecular weight is 334 g/mol. The van der Waals surface area contributed by atoms with Crippen molar-refractivity contribution in [2.45, 2.75) is 19.5 Å². The highest BCUT2D eigenvalue weighted by atomic mass is 32.1. The number of likely N-dealkylation sites (N-methyl/N-ethyl adjacent to an activating group) is 1. The van der Waals surface area contributed by atoms with Crippen LogP contribution in [0.5, 0.6) is 0 Å². The second-order valence-electron chi connectivity index (χ2n) is 5.92. The predicted octanol–water partition coefficient (Wildman–Crippen LogP) is 1.91. The largest absolute Gasteiger partial charge is 0.467 e. The molecule has 0 bridgehead atoms. The van der Waals surface area contributed by atoms with Gasteiger partial charge >= 0.3 is 0 Å². The lowest BCUT2D eigenvalue weighted by molar-refractivity contribution is -0.132. The van der Waals surface area contributed by atoms with Gasteiger partial charge in [0.05, 0.1) is 19.4 Å². The standard InChI is InChI=1S/C16H22N4O2S/c1-13-10-19(6-7-20(13)16-17-5-9-23-16)12-15(21)18(2)11-14-4-3-8-22-14/h3-5,8-9,13H,6-7,10-12H2,1-2H3/t13-/m1/s1. The first-order valence-electron chi connectivity index (χ1n) is 7.78. The fourth-order valence-electron chi connectivity index (χ4n) is 2.86. The maximum absolute atomic E-state index is 12.4. The summed E-state index contributed by atoms with van der Waals surface area (Å²) in [5.74, 6) is 0.930. The van der Waals surface area contributed by atoms with Gasteiger partial charge in [0, 0.05) is 44.3 Å². The Balaban J connectivity index is 1.50. The number of carbonyl (C=O) groups is 1. The van der Waals surface area contributed by atoms with Gasteiger partial charge in [-0.25, -0.2) is 4.98 Å². The number of rotatable bonds is 5. The van der Waals surface area contributed by atoms with E-state index in [9.17, 15) is 4.79 Å². The Morgan fingerprint density at radius 2 is 2.39 bits per heavy atom. The first-order valence-corrected chi connectivity index (χ1v) is 8.66. The van der Waals surface area contributed by atoms with Crippen LogP contribution >= 0.6 is 11.3 Å². The molecule has 0 N–H and O–H groups in total. The van der Waals surface area contributed by atoms with Crippen LogP contribution in [0.4, 0.5) is 5.13 Å². The summed E-state index contributed by atoms with van der Waals surface area (Å²) in [6.45, 7) is 5.81. The van der Waals surface area contributed by atoms with Crippen LogP contribution in [0.25, 0.3) is 0 Å². The summed E-state index contributed by atoms with van der Waals surface area (Å²) in [4.78, 5) is 23.0. The number of furan rings is 1. The van der Waals surface area contributed by atoms with Crippen molar-refractivity contribution in [3.8, 4) is 0 Å². The first-order chi connectivity index (χ1) is 11.1. The Labute approximate surface area is 140 Å². The summed E-state index contributed by atoms with van der Waals surface area (Å²) in [6, 6.07) is 4.09. The highest BCUT2D eigenvalue weighted by Gasteiger charge is 2.27. The summed E-state index contributed by atoms with van der Waals surface area (Å²) in [5, 5.41) is 3.07. The number of thiazole rings is 1. The van der Waals surface area contributed by atoms with Crippen molar-refractivity contribution in [3.05, 3.63) is 35.7 Å². The number of aromatic nitrogens is 1. The molecule has 23 heavy (non-hydrogen) atoms. The average Bonchev–Trinajstić information content (AvgIpc) is 3.20. The number of nitrogens with zero attached hydrogens (tertiary/aromatic N) is 4. The number of hydrogen-bond donors (Lipinski definition) is 0. The van der Waals surface area contributed by atoms with Crippen LogP contribution in [0.3, 0.4) is 0 Å². The lowest BCUT2D eigenvalue weighted by atomic mass is 10.2. The van der Waals surface area contributed by atoms with Crippen molar-refractivity contribution < 1.29 is 9.21 Å². The van der Waals surface area contributed by atoms with Crippen LogP contribution in [0.15, 0.2) is 34.4 Å². The summed E-state index contributed by atoms with van der Waals surface area (Å²) < 4.78 is 5.30. The van der Waals surface area contributed by atoms with Gasteiger partial charge in [0.25, 0.3) is 0 Å². The van der Waals surface area contributed by atoms with E-state index in [2.05, 4.69) is 21.7 Å². The fourth-order valence-corrected chi connectivity index (χ4v) is 3.63. The number of carbonyl (C=O) groups excluding carboxylic acids is 1. The molecule has 3 heterocycles. The van der Waals surface area contributed by atoms with E-state index in [0.717, 1.165) is 30.5 Å². The van der Waals surface area contributed by atoms with Gasteiger partial charge in [0.15, 0.2) is 5.13 Å². The zero-order chi connectivity index (χ0) is 16.2. The minimum atomic E-state index is 0.122. The number of hydrogen-bond acceptors (Lipinski definition) is 6. The van der Waals surface area contributed by atoms with Crippen LogP contribution in [0.2, 0.25) is 0 Å². The van der Waals surface area contributed by atoms with Crippen LogP contribution in [-0.2, 0) is 11.3 Å². The molecule has 1 aliphatic heterocycles. The van der Waals surface area contributed by atoms with Crippen molar-refractivity contribution in [2.24, 2.45) is 0 Å². The molecule has 0 aromatic carbocycles. The highest BCUT2D eigenvalue weighted by Crippen LogP contribution is 2.22. The third-order valence-electron chi connectivity index (χ3n) is 4.13. The zero-order valence-corrected chi connectivity index (χ0v) is 14.3. The van der Waals surface area contributed by atoms with Crippen LogP contribution in [0.1, 0.15) is 12.7 Å². The molecular formula is C16H22N4O2S. The minimum Gasteiger partial charge on any atom is -0.467 e. The second-order valence-corrected chi connectivity index (χ2v) is 6.79. The predicted molar refractivity (Wildman–Crippen MR) is 90.5 cm³/mol. The molecule has 3 rings (SSSR count). The fraction of sp³-hybridized carbons (Fsp3) is 0.500. The van der Waals surface area contributed by atoms with Crippen molar-refractivity contribution in [1.29, 1.82) is 0 Å². The minimum absolute atomic E-state index is 0.122. The summed E-state index contributed by atoms with van der Waals surface area (Å²) in [5.41, 5.74) is 0. The van der Waals surface area contributed by atoms with Crippen LogP contribution < -0.4 is 4.90 Å². The molecule has 1 fully saturated rings. The molecule has 1 atom stereocenters. The topological polar surface area (TPSA) is 52.8 Å². The molecule has 0 spiro atoms. The molecule has 7 heteroatoms. The van der Waals surface area contributed by atoms with E-state index < -0.39 is 0 Å². The van der Waals surface area contributed by atoms with Crippen molar-refractivity contribution >= 4 is 22.4 Å². The summed E-state index contributed by atoms with van der Waals surface area (Å²) in [7, 11) is 1.82. The van der Waals surface area contributed by atoms with Gasteiger partial charge in [-0.1, -0.05) is 0 Å². The molecule has 0 saturated carbocycles. The van der Waals surface area contributed by atoms with Gasteiger partial charge in [-0.2, -0.15) is 0 Å². The maximum atomic E-state index is 12.4. The Bertz CT molecular complexity index is 614. The van der Waals surface area contributed by atoms with E-state index in [-0.39, 0.29) is 5.91 Å². The van der Waals surface area contributed by atoms with Gasteiger partial charge in [-0.05, 0) is 19.1 Å². The van der Waals surface area contributed by atoms with E-state index >= 15 is 0 Å². The molecule has 2 aromatic heterocycles. The van der Waals surface area contributed by atoms with Crippen LogP contribution in [-0.4, -0.2) is 60.0 Å². The molecule has 0 aliphatic carbocycles. The maximum Gasteiger partial charge on any atom is 0.236 e. The highest BCUT2D eigenvalue weighted by molar-refractivity contribution is 7.13. The van der Waals surface area contributed by atoms with Gasteiger partial charge in [0.2, 0.25) is 5.91 Å². The Morgan fingerprint density at radius 1 is 1.52 bits per heavy atom. The summed E-state index contributed by atoms with van der Waals surface area (Å²) in [6.07, 6.45) is 3.47. The Hall–Kier alpha value is -1.86. The smallest absolute Gasteiger partial charge is 0.236 e. The normalized spacial score (nSPS) is 19.0. The number of anilines is 1. The Morgan fingerprint density at radius 3 is 3.04 bits per heavy atom. The quantitative estimate of drug-likeness (QED) is 0.836. The SMILES string of the molecule is C[C@@H]1CN(CC(=O)N(C)Cc2ccco2)CCN1c1nccs1. The second kappa shape index (κ2) is 7.14. The zero-order valence-electron chi connectivity index (χ0n) is 13.5. The third kappa shape index (κ3) is 3.92. The first kappa shape index (κ1) is 16.0. The monoisotopic (exact) mass is 334 g/mol. The third-order valence-corrected chi connectivity index (χ3v) is 4.94. The van der Waals surface area contributed by atoms with E-state index in [1.165, 1.54) is 0 Å². The molecule has 1 aliphatic rings.